The first-order chi connectivity index (χ1) is 13.1. The van der Waals surface area contributed by atoms with Gasteiger partial charge in [-0.3, -0.25) is 14.6 Å². The normalized spacial score (nSPS) is 10.6. The van der Waals surface area contributed by atoms with Gasteiger partial charge in [-0.1, -0.05) is 37.6 Å². The third kappa shape index (κ3) is 4.41. The summed E-state index contributed by atoms with van der Waals surface area (Å²) in [5, 5.41) is 5.07. The van der Waals surface area contributed by atoms with Gasteiger partial charge in [0, 0.05) is 23.3 Å². The number of nitrogens with one attached hydrogen (secondary N) is 1. The Bertz CT molecular complexity index is 934. The number of hydrogen-bond donors (Lipinski definition) is 2. The molecule has 2 heterocycles. The van der Waals surface area contributed by atoms with Crippen LogP contribution in [-0.2, 0) is 6.42 Å². The highest BCUT2D eigenvalue weighted by Gasteiger charge is 2.20. The first kappa shape index (κ1) is 18.8. The van der Waals surface area contributed by atoms with Crippen molar-refractivity contribution < 1.29 is 9.59 Å². The predicted molar refractivity (Wildman–Crippen MR) is 109 cm³/mol. The second-order valence-corrected chi connectivity index (χ2v) is 7.09. The van der Waals surface area contributed by atoms with Crippen LogP contribution in [0.3, 0.4) is 0 Å². The molecule has 0 unspecified atom stereocenters. The molecule has 1 aromatic carbocycles. The lowest BCUT2D eigenvalue weighted by molar-refractivity contribution is 0.100. The van der Waals surface area contributed by atoms with Gasteiger partial charge in [0.2, 0.25) is 0 Å². The van der Waals surface area contributed by atoms with E-state index in [9.17, 15) is 9.59 Å². The number of rotatable bonds is 7. The van der Waals surface area contributed by atoms with Crippen LogP contribution in [0.1, 0.15) is 46.0 Å². The zero-order chi connectivity index (χ0) is 19.2. The van der Waals surface area contributed by atoms with Crippen LogP contribution in [0.2, 0.25) is 0 Å². The van der Waals surface area contributed by atoms with Crippen molar-refractivity contribution in [3.05, 3.63) is 70.9 Å². The van der Waals surface area contributed by atoms with Gasteiger partial charge in [0.1, 0.15) is 5.00 Å². The SMILES string of the molecule is CCCCc1ccc(-c2csc(NC(=O)c3cccnc3)c2C(N)=O)cc1. The molecule has 0 saturated heterocycles. The number of carbonyl (C=O) groups excluding carboxylic acids is 2. The number of amides is 2. The van der Waals surface area contributed by atoms with Crippen LogP contribution in [0.4, 0.5) is 5.00 Å². The van der Waals surface area contributed by atoms with E-state index >= 15 is 0 Å². The van der Waals surface area contributed by atoms with E-state index in [2.05, 4.69) is 29.4 Å². The fourth-order valence-electron chi connectivity index (χ4n) is 2.81. The van der Waals surface area contributed by atoms with Crippen LogP contribution in [0, 0.1) is 0 Å². The average molecular weight is 379 g/mol. The molecule has 0 aliphatic heterocycles. The van der Waals surface area contributed by atoms with Crippen molar-refractivity contribution in [1.82, 2.24) is 4.98 Å². The van der Waals surface area contributed by atoms with E-state index in [-0.39, 0.29) is 5.91 Å². The Kier molecular flexibility index (Phi) is 5.98. The highest BCUT2D eigenvalue weighted by molar-refractivity contribution is 7.15. The predicted octanol–water partition coefficient (Wildman–Crippen LogP) is 4.50. The number of aryl methyl sites for hydroxylation is 1. The topological polar surface area (TPSA) is 85.1 Å². The minimum absolute atomic E-state index is 0.325. The number of primary amides is 1. The summed E-state index contributed by atoms with van der Waals surface area (Å²) in [6.45, 7) is 2.17. The minimum atomic E-state index is -0.567. The monoisotopic (exact) mass is 379 g/mol. The summed E-state index contributed by atoms with van der Waals surface area (Å²) in [7, 11) is 0. The molecule has 0 radical (unpaired) electrons. The van der Waals surface area contributed by atoms with Gasteiger partial charge in [-0.05, 0) is 36.1 Å². The maximum absolute atomic E-state index is 12.4. The molecule has 0 aliphatic carbocycles. The first-order valence-electron chi connectivity index (χ1n) is 8.82. The molecule has 0 bridgehead atoms. The van der Waals surface area contributed by atoms with Crippen LogP contribution < -0.4 is 11.1 Å². The molecule has 3 aromatic rings. The number of nitrogens with zero attached hydrogens (tertiary/aromatic N) is 1. The third-order valence-corrected chi connectivity index (χ3v) is 5.17. The molecule has 3 N–H and O–H groups in total. The molecule has 0 atom stereocenters. The van der Waals surface area contributed by atoms with E-state index < -0.39 is 5.91 Å². The van der Waals surface area contributed by atoms with Gasteiger partial charge < -0.3 is 11.1 Å². The van der Waals surface area contributed by atoms with E-state index in [1.54, 1.807) is 18.3 Å². The molecule has 5 nitrogen and oxygen atoms in total. The van der Waals surface area contributed by atoms with E-state index in [1.165, 1.54) is 23.1 Å². The number of pyridine rings is 1. The molecule has 0 fully saturated rings. The number of hydrogen-bond acceptors (Lipinski definition) is 4. The van der Waals surface area contributed by atoms with E-state index in [4.69, 9.17) is 5.73 Å². The molecule has 6 heteroatoms. The number of aromatic nitrogens is 1. The maximum atomic E-state index is 12.4. The smallest absolute Gasteiger partial charge is 0.257 e. The average Bonchev–Trinajstić information content (AvgIpc) is 3.11. The van der Waals surface area contributed by atoms with Gasteiger partial charge in [0.05, 0.1) is 11.1 Å². The molecule has 27 heavy (non-hydrogen) atoms. The van der Waals surface area contributed by atoms with Crippen LogP contribution in [0.5, 0.6) is 0 Å². The van der Waals surface area contributed by atoms with Gasteiger partial charge in [0.25, 0.3) is 11.8 Å². The standard InChI is InChI=1S/C21H21N3O2S/c1-2-3-5-14-7-9-15(10-8-14)17-13-27-21(18(17)19(22)25)24-20(26)16-6-4-11-23-12-16/h4,6-13H,2-3,5H2,1H3,(H2,22,25)(H,24,26). The number of benzene rings is 1. The molecule has 138 valence electrons. The number of unbranched alkanes of at least 4 members (excludes halogenated alkanes) is 1. The Labute approximate surface area is 162 Å². The molecular formula is C21H21N3O2S. The minimum Gasteiger partial charge on any atom is -0.365 e. The van der Waals surface area contributed by atoms with Crippen LogP contribution in [-0.4, -0.2) is 16.8 Å². The maximum Gasteiger partial charge on any atom is 0.257 e. The molecule has 0 spiro atoms. The van der Waals surface area contributed by atoms with Gasteiger partial charge >= 0.3 is 0 Å². The Balaban J connectivity index is 1.87. The van der Waals surface area contributed by atoms with Crippen LogP contribution >= 0.6 is 11.3 Å². The van der Waals surface area contributed by atoms with Crippen molar-refractivity contribution in [2.45, 2.75) is 26.2 Å². The fraction of sp³-hybridized carbons (Fsp3) is 0.190. The summed E-state index contributed by atoms with van der Waals surface area (Å²) in [6, 6.07) is 11.5. The quantitative estimate of drug-likeness (QED) is 0.633. The molecule has 3 rings (SSSR count). The van der Waals surface area contributed by atoms with Gasteiger partial charge in [-0.25, -0.2) is 0 Å². The lowest BCUT2D eigenvalue weighted by Gasteiger charge is -2.07. The highest BCUT2D eigenvalue weighted by Crippen LogP contribution is 2.35. The van der Waals surface area contributed by atoms with E-state index in [0.29, 0.717) is 16.1 Å². The van der Waals surface area contributed by atoms with Crippen molar-refractivity contribution >= 4 is 28.2 Å². The zero-order valence-electron chi connectivity index (χ0n) is 15.1. The first-order valence-corrected chi connectivity index (χ1v) is 9.70. The number of nitrogens with two attached hydrogens (primary N) is 1. The second kappa shape index (κ2) is 8.60. The van der Waals surface area contributed by atoms with Gasteiger partial charge in [0.15, 0.2) is 0 Å². The summed E-state index contributed by atoms with van der Waals surface area (Å²) >= 11 is 1.29. The van der Waals surface area contributed by atoms with Crippen molar-refractivity contribution in [2.75, 3.05) is 5.32 Å². The summed E-state index contributed by atoms with van der Waals surface area (Å²) in [5.74, 6) is -0.892. The van der Waals surface area contributed by atoms with Crippen molar-refractivity contribution in [1.29, 1.82) is 0 Å². The Morgan fingerprint density at radius 3 is 2.59 bits per heavy atom. The van der Waals surface area contributed by atoms with Gasteiger partial charge in [-0.15, -0.1) is 11.3 Å². The van der Waals surface area contributed by atoms with Gasteiger partial charge in [-0.2, -0.15) is 0 Å². The summed E-state index contributed by atoms with van der Waals surface area (Å²) < 4.78 is 0. The van der Waals surface area contributed by atoms with E-state index in [1.807, 2.05) is 17.5 Å². The zero-order valence-corrected chi connectivity index (χ0v) is 15.9. The molecule has 0 saturated carbocycles. The Morgan fingerprint density at radius 1 is 1.19 bits per heavy atom. The lowest BCUT2D eigenvalue weighted by Crippen LogP contribution is -2.17. The Hall–Kier alpha value is -2.99. The number of anilines is 1. The van der Waals surface area contributed by atoms with Crippen molar-refractivity contribution in [3.8, 4) is 11.1 Å². The van der Waals surface area contributed by atoms with Crippen molar-refractivity contribution in [3.63, 3.8) is 0 Å². The Morgan fingerprint density at radius 2 is 1.96 bits per heavy atom. The third-order valence-electron chi connectivity index (χ3n) is 4.27. The largest absolute Gasteiger partial charge is 0.365 e. The second-order valence-electron chi connectivity index (χ2n) is 6.21. The highest BCUT2D eigenvalue weighted by atomic mass is 32.1. The molecule has 2 amide bonds. The van der Waals surface area contributed by atoms with Crippen LogP contribution in [0.25, 0.3) is 11.1 Å². The number of thiophene rings is 1. The summed E-state index contributed by atoms with van der Waals surface area (Å²) in [6.07, 6.45) is 6.41. The summed E-state index contributed by atoms with van der Waals surface area (Å²) in [4.78, 5) is 28.4. The lowest BCUT2D eigenvalue weighted by atomic mass is 10.0. The fourth-order valence-corrected chi connectivity index (χ4v) is 3.78. The molecular weight excluding hydrogens is 358 g/mol. The van der Waals surface area contributed by atoms with Crippen molar-refractivity contribution in [2.24, 2.45) is 5.73 Å². The molecule has 2 aromatic heterocycles. The molecule has 0 aliphatic rings. The van der Waals surface area contributed by atoms with Crippen LogP contribution in [0.15, 0.2) is 54.2 Å². The summed E-state index contributed by atoms with van der Waals surface area (Å²) in [5.41, 5.74) is 9.27. The van der Waals surface area contributed by atoms with E-state index in [0.717, 1.165) is 30.4 Å². The number of carbonyl (C=O) groups is 2.